The first-order valence-corrected chi connectivity index (χ1v) is 7.28. The first-order chi connectivity index (χ1) is 9.43. The Morgan fingerprint density at radius 3 is 2.43 bits per heavy atom. The van der Waals surface area contributed by atoms with Crippen LogP contribution in [-0.4, -0.2) is 24.6 Å². The molecule has 0 heterocycles. The van der Waals surface area contributed by atoms with Gasteiger partial charge < -0.3 is 15.8 Å². The zero-order valence-electron chi connectivity index (χ0n) is 11.7. The Hall–Kier alpha value is -0.680. The number of ether oxygens (including phenoxy) is 1. The molecule has 0 aliphatic heterocycles. The number of benzene rings is 1. The molecule has 0 saturated heterocycles. The van der Waals surface area contributed by atoms with Crippen LogP contribution in [0.1, 0.15) is 19.8 Å². The van der Waals surface area contributed by atoms with Crippen LogP contribution in [0.25, 0.3) is 0 Å². The number of amides is 1. The minimum atomic E-state index is -0.341. The van der Waals surface area contributed by atoms with E-state index >= 15 is 0 Å². The number of hydrogen-bond donors (Lipinski definition) is 2. The first-order valence-electron chi connectivity index (χ1n) is 6.53. The van der Waals surface area contributed by atoms with Crippen LogP contribution < -0.4 is 15.8 Å². The molecule has 1 aromatic carbocycles. The minimum Gasteiger partial charge on any atom is -0.484 e. The van der Waals surface area contributed by atoms with Crippen LogP contribution in [0, 0.1) is 5.92 Å². The van der Waals surface area contributed by atoms with Gasteiger partial charge in [-0.25, -0.2) is 0 Å². The third-order valence-electron chi connectivity index (χ3n) is 3.53. The van der Waals surface area contributed by atoms with Gasteiger partial charge in [0.2, 0.25) is 0 Å². The maximum absolute atomic E-state index is 11.9. The molecule has 1 amide bonds. The summed E-state index contributed by atoms with van der Waals surface area (Å²) in [5.74, 6) is 0.747. The minimum absolute atomic E-state index is 0. The van der Waals surface area contributed by atoms with Gasteiger partial charge in [0.05, 0.1) is 5.54 Å². The Labute approximate surface area is 140 Å². The zero-order valence-corrected chi connectivity index (χ0v) is 14.0. The summed E-state index contributed by atoms with van der Waals surface area (Å²) in [4.78, 5) is 11.9. The molecule has 1 saturated carbocycles. The van der Waals surface area contributed by atoms with Gasteiger partial charge in [0.25, 0.3) is 5.91 Å². The standard InChI is InChI=1S/C14H18Cl2N2O2.ClH/c1-14(8-17,9-2-3-9)18-13(19)7-20-12-5-10(15)4-11(16)6-12;/h4-6,9H,2-3,7-8,17H2,1H3,(H,18,19);1H. The lowest BCUT2D eigenvalue weighted by Crippen LogP contribution is -2.54. The van der Waals surface area contributed by atoms with Crippen molar-refractivity contribution in [1.29, 1.82) is 0 Å². The van der Waals surface area contributed by atoms with E-state index in [2.05, 4.69) is 5.32 Å². The summed E-state index contributed by atoms with van der Waals surface area (Å²) in [5, 5.41) is 3.89. The molecule has 1 unspecified atom stereocenters. The van der Waals surface area contributed by atoms with Gasteiger partial charge in [0.15, 0.2) is 6.61 Å². The fourth-order valence-electron chi connectivity index (χ4n) is 2.16. The van der Waals surface area contributed by atoms with E-state index in [4.69, 9.17) is 33.7 Å². The molecule has 0 bridgehead atoms. The van der Waals surface area contributed by atoms with Gasteiger partial charge >= 0.3 is 0 Å². The molecule has 0 radical (unpaired) electrons. The van der Waals surface area contributed by atoms with Crippen LogP contribution in [0.3, 0.4) is 0 Å². The smallest absolute Gasteiger partial charge is 0.258 e. The molecular weight excluding hydrogens is 335 g/mol. The van der Waals surface area contributed by atoms with Gasteiger partial charge in [-0.15, -0.1) is 12.4 Å². The second-order valence-electron chi connectivity index (χ2n) is 5.34. The largest absolute Gasteiger partial charge is 0.484 e. The predicted octanol–water partition coefficient (Wildman–Crippen LogP) is 3.04. The molecule has 118 valence electrons. The normalized spacial score (nSPS) is 16.6. The highest BCUT2D eigenvalue weighted by molar-refractivity contribution is 6.34. The van der Waals surface area contributed by atoms with Crippen molar-refractivity contribution in [2.75, 3.05) is 13.2 Å². The topological polar surface area (TPSA) is 64.3 Å². The molecule has 1 fully saturated rings. The summed E-state index contributed by atoms with van der Waals surface area (Å²) >= 11 is 11.7. The van der Waals surface area contributed by atoms with E-state index in [1.807, 2.05) is 6.92 Å². The average molecular weight is 354 g/mol. The van der Waals surface area contributed by atoms with Crippen molar-refractivity contribution < 1.29 is 9.53 Å². The maximum atomic E-state index is 11.9. The highest BCUT2D eigenvalue weighted by Crippen LogP contribution is 2.38. The van der Waals surface area contributed by atoms with Crippen molar-refractivity contribution in [2.24, 2.45) is 11.7 Å². The maximum Gasteiger partial charge on any atom is 0.258 e. The van der Waals surface area contributed by atoms with Crippen molar-refractivity contribution in [3.8, 4) is 5.75 Å². The van der Waals surface area contributed by atoms with Gasteiger partial charge in [0.1, 0.15) is 5.75 Å². The molecule has 0 spiro atoms. The highest BCUT2D eigenvalue weighted by atomic mass is 35.5. The molecule has 3 N–H and O–H groups in total. The number of nitrogens with one attached hydrogen (secondary N) is 1. The SMILES string of the molecule is CC(CN)(NC(=O)COc1cc(Cl)cc(Cl)c1)C1CC1.Cl. The quantitative estimate of drug-likeness (QED) is 0.826. The van der Waals surface area contributed by atoms with Crippen LogP contribution in [0.4, 0.5) is 0 Å². The van der Waals surface area contributed by atoms with Crippen molar-refractivity contribution in [3.05, 3.63) is 28.2 Å². The van der Waals surface area contributed by atoms with Crippen molar-refractivity contribution in [1.82, 2.24) is 5.32 Å². The molecular formula is C14H19Cl3N2O2. The number of hydrogen-bond acceptors (Lipinski definition) is 3. The molecule has 0 aromatic heterocycles. The Balaban J connectivity index is 0.00000220. The number of nitrogens with two attached hydrogens (primary N) is 1. The van der Waals surface area contributed by atoms with Gasteiger partial charge in [-0.1, -0.05) is 23.2 Å². The molecule has 1 atom stereocenters. The summed E-state index contributed by atoms with van der Waals surface area (Å²) in [6.45, 7) is 2.31. The molecule has 1 aliphatic carbocycles. The molecule has 21 heavy (non-hydrogen) atoms. The fourth-order valence-corrected chi connectivity index (χ4v) is 2.66. The molecule has 1 aromatic rings. The fraction of sp³-hybridized carbons (Fsp3) is 0.500. The van der Waals surface area contributed by atoms with Gasteiger partial charge in [0, 0.05) is 16.6 Å². The molecule has 7 heteroatoms. The van der Waals surface area contributed by atoms with E-state index < -0.39 is 0 Å². The zero-order chi connectivity index (χ0) is 14.8. The van der Waals surface area contributed by atoms with Gasteiger partial charge in [-0.2, -0.15) is 0 Å². The van der Waals surface area contributed by atoms with E-state index in [-0.39, 0.29) is 30.5 Å². The summed E-state index contributed by atoms with van der Waals surface area (Å²) in [6, 6.07) is 4.84. The number of halogens is 3. The second kappa shape index (κ2) is 7.54. The van der Waals surface area contributed by atoms with Crippen LogP contribution in [-0.2, 0) is 4.79 Å². The van der Waals surface area contributed by atoms with E-state index in [9.17, 15) is 4.79 Å². The van der Waals surface area contributed by atoms with Gasteiger partial charge in [-0.05, 0) is 43.9 Å². The lowest BCUT2D eigenvalue weighted by atomic mass is 9.96. The lowest BCUT2D eigenvalue weighted by Gasteiger charge is -2.29. The number of carbonyl (C=O) groups excluding carboxylic acids is 1. The number of carbonyl (C=O) groups is 1. The third kappa shape index (κ3) is 5.22. The molecule has 2 rings (SSSR count). The monoisotopic (exact) mass is 352 g/mol. The number of rotatable bonds is 6. The van der Waals surface area contributed by atoms with Crippen LogP contribution in [0.15, 0.2) is 18.2 Å². The summed E-state index contributed by atoms with van der Waals surface area (Å²) in [5.41, 5.74) is 5.41. The van der Waals surface area contributed by atoms with E-state index in [0.717, 1.165) is 12.8 Å². The van der Waals surface area contributed by atoms with Crippen LogP contribution >= 0.6 is 35.6 Å². The third-order valence-corrected chi connectivity index (χ3v) is 3.97. The second-order valence-corrected chi connectivity index (χ2v) is 6.21. The Bertz CT molecular complexity index is 489. The predicted molar refractivity (Wildman–Crippen MR) is 87.5 cm³/mol. The van der Waals surface area contributed by atoms with Gasteiger partial charge in [-0.3, -0.25) is 4.79 Å². The highest BCUT2D eigenvalue weighted by Gasteiger charge is 2.41. The van der Waals surface area contributed by atoms with Crippen LogP contribution in [0.5, 0.6) is 5.75 Å². The van der Waals surface area contributed by atoms with Crippen molar-refractivity contribution >= 4 is 41.5 Å². The lowest BCUT2D eigenvalue weighted by molar-refractivity contribution is -0.125. The van der Waals surface area contributed by atoms with E-state index in [0.29, 0.717) is 28.3 Å². The summed E-state index contributed by atoms with van der Waals surface area (Å²) < 4.78 is 5.40. The summed E-state index contributed by atoms with van der Waals surface area (Å²) in [7, 11) is 0. The van der Waals surface area contributed by atoms with Crippen molar-refractivity contribution in [2.45, 2.75) is 25.3 Å². The Morgan fingerprint density at radius 2 is 1.95 bits per heavy atom. The average Bonchev–Trinajstić information content (AvgIpc) is 3.19. The molecule has 1 aliphatic rings. The Kier molecular flexibility index (Phi) is 6.60. The van der Waals surface area contributed by atoms with Crippen LogP contribution in [0.2, 0.25) is 10.0 Å². The molecule has 4 nitrogen and oxygen atoms in total. The summed E-state index contributed by atoms with van der Waals surface area (Å²) in [6.07, 6.45) is 2.22. The first kappa shape index (κ1) is 18.4. The van der Waals surface area contributed by atoms with Crippen molar-refractivity contribution in [3.63, 3.8) is 0 Å². The van der Waals surface area contributed by atoms with E-state index in [1.54, 1.807) is 18.2 Å². The Morgan fingerprint density at radius 1 is 1.38 bits per heavy atom. The van der Waals surface area contributed by atoms with E-state index in [1.165, 1.54) is 0 Å².